The minimum Gasteiger partial charge on any atom is -0.494 e. The molecule has 0 aliphatic carbocycles. The van der Waals surface area contributed by atoms with Crippen molar-refractivity contribution in [1.29, 1.82) is 0 Å². The zero-order valence-electron chi connectivity index (χ0n) is 19.4. The molecule has 0 spiro atoms. The Morgan fingerprint density at radius 3 is 2.55 bits per heavy atom. The Morgan fingerprint density at radius 1 is 1.06 bits per heavy atom. The average molecular weight is 470 g/mol. The fourth-order valence-corrected chi connectivity index (χ4v) is 5.06. The van der Waals surface area contributed by atoms with E-state index >= 15 is 0 Å². The first-order valence-corrected chi connectivity index (χ1v) is 12.4. The summed E-state index contributed by atoms with van der Waals surface area (Å²) in [4.78, 5) is 20.2. The molecular weight excluding hydrogens is 438 g/mol. The molecule has 3 aromatic rings. The van der Waals surface area contributed by atoms with Gasteiger partial charge in [0.2, 0.25) is 5.91 Å². The highest BCUT2D eigenvalue weighted by atomic mass is 32.1. The summed E-state index contributed by atoms with van der Waals surface area (Å²) in [6.45, 7) is 9.10. The van der Waals surface area contributed by atoms with Gasteiger partial charge in [-0.1, -0.05) is 11.3 Å². The van der Waals surface area contributed by atoms with Crippen LogP contribution in [0.1, 0.15) is 33.6 Å². The second kappa shape index (κ2) is 10.7. The predicted molar refractivity (Wildman–Crippen MR) is 133 cm³/mol. The van der Waals surface area contributed by atoms with E-state index in [9.17, 15) is 4.79 Å². The van der Waals surface area contributed by atoms with Crippen LogP contribution in [0, 0.1) is 5.92 Å². The molecule has 2 aromatic carbocycles. The zero-order valence-corrected chi connectivity index (χ0v) is 20.2. The number of carbonyl (C=O) groups is 1. The molecule has 0 bridgehead atoms. The maximum atomic E-state index is 13.2. The first kappa shape index (κ1) is 23.2. The highest BCUT2D eigenvalue weighted by molar-refractivity contribution is 7.22. The number of carbonyl (C=O) groups excluding carboxylic acids is 1. The van der Waals surface area contributed by atoms with Crippen molar-refractivity contribution in [3.63, 3.8) is 0 Å². The van der Waals surface area contributed by atoms with E-state index < -0.39 is 0 Å². The third kappa shape index (κ3) is 5.50. The van der Waals surface area contributed by atoms with Gasteiger partial charge in [0, 0.05) is 19.2 Å². The van der Waals surface area contributed by atoms with Gasteiger partial charge in [-0.2, -0.15) is 0 Å². The van der Waals surface area contributed by atoms with Crippen LogP contribution in [0.4, 0.5) is 10.8 Å². The number of ether oxygens (including phenoxy) is 3. The Kier molecular flexibility index (Phi) is 7.54. The van der Waals surface area contributed by atoms with Crippen molar-refractivity contribution in [3.8, 4) is 17.2 Å². The molecule has 2 heterocycles. The number of hydrogen-bond acceptors (Lipinski definition) is 7. The van der Waals surface area contributed by atoms with Gasteiger partial charge in [-0.25, -0.2) is 4.98 Å². The van der Waals surface area contributed by atoms with Gasteiger partial charge in [-0.3, -0.25) is 4.79 Å². The molecule has 0 unspecified atom stereocenters. The summed E-state index contributed by atoms with van der Waals surface area (Å²) >= 11 is 1.64. The Labute approximate surface area is 198 Å². The van der Waals surface area contributed by atoms with Crippen molar-refractivity contribution in [3.05, 3.63) is 36.4 Å². The van der Waals surface area contributed by atoms with Gasteiger partial charge >= 0.3 is 0 Å². The minimum absolute atomic E-state index is 0.00551. The van der Waals surface area contributed by atoms with E-state index in [0.29, 0.717) is 43.6 Å². The number of amides is 1. The minimum atomic E-state index is -0.130. The fourth-order valence-electron chi connectivity index (χ4n) is 4.03. The number of rotatable bonds is 9. The molecule has 8 heteroatoms. The lowest BCUT2D eigenvalue weighted by Gasteiger charge is -2.31. The van der Waals surface area contributed by atoms with E-state index in [4.69, 9.17) is 19.2 Å². The van der Waals surface area contributed by atoms with Crippen LogP contribution < -0.4 is 24.4 Å². The van der Waals surface area contributed by atoms with Crippen LogP contribution in [-0.4, -0.2) is 43.8 Å². The van der Waals surface area contributed by atoms with Crippen LogP contribution in [0.3, 0.4) is 0 Å². The molecule has 1 aliphatic heterocycles. The number of fused-ring (bicyclic) bond motifs is 1. The van der Waals surface area contributed by atoms with Gasteiger partial charge in [0.15, 0.2) is 5.13 Å². The van der Waals surface area contributed by atoms with Crippen molar-refractivity contribution in [2.24, 2.45) is 5.92 Å². The first-order valence-electron chi connectivity index (χ1n) is 11.6. The van der Waals surface area contributed by atoms with Crippen LogP contribution in [-0.2, 0) is 4.79 Å². The van der Waals surface area contributed by atoms with Crippen LogP contribution in [0.2, 0.25) is 0 Å². The van der Waals surface area contributed by atoms with Gasteiger partial charge in [0.25, 0.3) is 0 Å². The highest BCUT2D eigenvalue weighted by Gasteiger charge is 2.28. The molecule has 1 atom stereocenters. The van der Waals surface area contributed by atoms with Gasteiger partial charge < -0.3 is 24.4 Å². The van der Waals surface area contributed by atoms with E-state index in [1.165, 1.54) is 0 Å². The Morgan fingerprint density at radius 2 is 1.79 bits per heavy atom. The van der Waals surface area contributed by atoms with Crippen molar-refractivity contribution >= 4 is 38.3 Å². The summed E-state index contributed by atoms with van der Waals surface area (Å²) in [5.41, 5.74) is 1.60. The molecular formula is C25H31N3O4S. The van der Waals surface area contributed by atoms with E-state index in [1.54, 1.807) is 11.3 Å². The fraction of sp³-hybridized carbons (Fsp3) is 0.440. The summed E-state index contributed by atoms with van der Waals surface area (Å²) < 4.78 is 18.0. The van der Waals surface area contributed by atoms with Gasteiger partial charge in [-0.05, 0) is 63.9 Å². The number of hydrogen-bond donors (Lipinski definition) is 1. The van der Waals surface area contributed by atoms with Gasteiger partial charge in [0.05, 0.1) is 41.6 Å². The zero-order chi connectivity index (χ0) is 23.2. The van der Waals surface area contributed by atoms with Crippen LogP contribution in [0.25, 0.3) is 10.2 Å². The number of nitrogens with one attached hydrogen (secondary N) is 1. The second-order valence-electron chi connectivity index (χ2n) is 7.86. The van der Waals surface area contributed by atoms with E-state index in [0.717, 1.165) is 40.5 Å². The lowest BCUT2D eigenvalue weighted by molar-refractivity contribution is -0.120. The summed E-state index contributed by atoms with van der Waals surface area (Å²) in [6.07, 6.45) is 1.78. The first-order chi connectivity index (χ1) is 16.1. The van der Waals surface area contributed by atoms with Crippen LogP contribution >= 0.6 is 11.3 Å². The normalized spacial score (nSPS) is 16.0. The molecule has 1 N–H and O–H groups in total. The largest absolute Gasteiger partial charge is 0.494 e. The van der Waals surface area contributed by atoms with Crippen molar-refractivity contribution in [1.82, 2.24) is 4.98 Å². The average Bonchev–Trinajstić information content (AvgIpc) is 3.25. The molecule has 176 valence electrons. The number of benzene rings is 2. The standard InChI is InChI=1S/C25H31N3O4S/c1-4-30-18-10-12-22(32-6-3)21(14-18)26-24(29)17-8-7-13-28(16-17)25-27-20-11-9-19(31-5-2)15-23(20)33-25/h9-12,14-15,17H,4-8,13,16H2,1-3H3,(H,26,29)/t17-/m1/s1. The lowest BCUT2D eigenvalue weighted by atomic mass is 9.97. The lowest BCUT2D eigenvalue weighted by Crippen LogP contribution is -2.40. The number of nitrogens with zero attached hydrogens (tertiary/aromatic N) is 2. The maximum Gasteiger partial charge on any atom is 0.229 e. The third-order valence-electron chi connectivity index (χ3n) is 5.54. The maximum absolute atomic E-state index is 13.2. The topological polar surface area (TPSA) is 72.9 Å². The van der Waals surface area contributed by atoms with Crippen LogP contribution in [0.15, 0.2) is 36.4 Å². The molecule has 33 heavy (non-hydrogen) atoms. The smallest absolute Gasteiger partial charge is 0.229 e. The summed E-state index contributed by atoms with van der Waals surface area (Å²) in [5.74, 6) is 2.08. The number of anilines is 2. The highest BCUT2D eigenvalue weighted by Crippen LogP contribution is 2.35. The third-order valence-corrected chi connectivity index (χ3v) is 6.62. The van der Waals surface area contributed by atoms with Gasteiger partial charge in [-0.15, -0.1) is 0 Å². The van der Waals surface area contributed by atoms with Gasteiger partial charge in [0.1, 0.15) is 17.2 Å². The quantitative estimate of drug-likeness (QED) is 0.456. The molecule has 1 fully saturated rings. The van der Waals surface area contributed by atoms with E-state index in [1.807, 2.05) is 57.2 Å². The molecule has 1 saturated heterocycles. The van der Waals surface area contributed by atoms with E-state index in [-0.39, 0.29) is 11.8 Å². The molecule has 1 amide bonds. The summed E-state index contributed by atoms with van der Waals surface area (Å²) in [7, 11) is 0. The van der Waals surface area contributed by atoms with Crippen molar-refractivity contribution in [2.45, 2.75) is 33.6 Å². The molecule has 1 aliphatic rings. The molecule has 0 radical (unpaired) electrons. The molecule has 0 saturated carbocycles. The summed E-state index contributed by atoms with van der Waals surface area (Å²) in [6, 6.07) is 11.5. The Balaban J connectivity index is 1.48. The van der Waals surface area contributed by atoms with E-state index in [2.05, 4.69) is 10.2 Å². The summed E-state index contributed by atoms with van der Waals surface area (Å²) in [5, 5.41) is 4.03. The SMILES string of the molecule is CCOc1ccc(OCC)c(NC(=O)[C@@H]2CCCN(c3nc4ccc(OCC)cc4s3)C2)c1. The number of aromatic nitrogens is 1. The Hall–Kier alpha value is -3.00. The molecule has 1 aromatic heterocycles. The number of piperidine rings is 1. The second-order valence-corrected chi connectivity index (χ2v) is 8.87. The Bertz CT molecular complexity index is 1100. The number of thiazole rings is 1. The predicted octanol–water partition coefficient (Wildman–Crippen LogP) is 5.35. The monoisotopic (exact) mass is 469 g/mol. The molecule has 7 nitrogen and oxygen atoms in total. The van der Waals surface area contributed by atoms with Crippen molar-refractivity contribution < 1.29 is 19.0 Å². The van der Waals surface area contributed by atoms with Crippen molar-refractivity contribution in [2.75, 3.05) is 43.1 Å². The molecule has 4 rings (SSSR count). The van der Waals surface area contributed by atoms with Crippen LogP contribution in [0.5, 0.6) is 17.2 Å².